The second-order valence-corrected chi connectivity index (χ2v) is 2.15. The van der Waals surface area contributed by atoms with E-state index in [1.807, 2.05) is 0 Å². The first-order valence-corrected chi connectivity index (χ1v) is 3.33. The standard InChI is InChI=1S/C8H10O5.2Na/c1-5(9)3-6(10)7(11)4-8(12)13-2;;/h3-4,10-11H,1-2H3;;/q;2*+1/p-2. The summed E-state index contributed by atoms with van der Waals surface area (Å²) in [5, 5.41) is 21.5. The normalized spacial score (nSPS) is 10.8. The molecule has 0 unspecified atom stereocenters. The van der Waals surface area contributed by atoms with Gasteiger partial charge in [0.25, 0.3) is 0 Å². The molecule has 0 atom stereocenters. The largest absolute Gasteiger partial charge is 1.00 e. The zero-order chi connectivity index (χ0) is 10.4. The van der Waals surface area contributed by atoms with E-state index in [2.05, 4.69) is 4.74 Å². The summed E-state index contributed by atoms with van der Waals surface area (Å²) in [5.74, 6) is -3.56. The van der Waals surface area contributed by atoms with Crippen molar-refractivity contribution in [2.45, 2.75) is 6.92 Å². The van der Waals surface area contributed by atoms with Gasteiger partial charge < -0.3 is 14.9 Å². The Bertz CT molecular complexity index is 283. The Kier molecular flexibility index (Phi) is 14.7. The van der Waals surface area contributed by atoms with Crippen molar-refractivity contribution >= 4 is 11.8 Å². The number of hydrogen-bond acceptors (Lipinski definition) is 5. The molecule has 0 aliphatic carbocycles. The molecule has 15 heavy (non-hydrogen) atoms. The minimum atomic E-state index is -1.07. The summed E-state index contributed by atoms with van der Waals surface area (Å²) in [4.78, 5) is 20.8. The molecule has 0 spiro atoms. The third-order valence-electron chi connectivity index (χ3n) is 1.03. The molecule has 0 aliphatic heterocycles. The van der Waals surface area contributed by atoms with Crippen molar-refractivity contribution in [2.75, 3.05) is 7.11 Å². The Hall–Kier alpha value is 0.220. The Morgan fingerprint density at radius 2 is 1.47 bits per heavy atom. The fourth-order valence-corrected chi connectivity index (χ4v) is 0.493. The molecule has 0 aromatic carbocycles. The average molecular weight is 230 g/mol. The second-order valence-electron chi connectivity index (χ2n) is 2.15. The Morgan fingerprint density at radius 1 is 1.07 bits per heavy atom. The number of esters is 1. The zero-order valence-corrected chi connectivity index (χ0v) is 13.2. The van der Waals surface area contributed by atoms with Crippen LogP contribution in [0.2, 0.25) is 0 Å². The maximum absolute atomic E-state index is 10.8. The third-order valence-corrected chi connectivity index (χ3v) is 1.03. The van der Waals surface area contributed by atoms with E-state index in [0.717, 1.165) is 14.0 Å². The first-order chi connectivity index (χ1) is 5.97. The van der Waals surface area contributed by atoms with E-state index in [4.69, 9.17) is 0 Å². The molecule has 0 radical (unpaired) electrons. The molecule has 0 saturated heterocycles. The van der Waals surface area contributed by atoms with E-state index in [1.54, 1.807) is 0 Å². The molecule has 0 aliphatic rings. The van der Waals surface area contributed by atoms with Crippen molar-refractivity contribution in [2.24, 2.45) is 0 Å². The number of methoxy groups -OCH3 is 1. The van der Waals surface area contributed by atoms with Crippen LogP contribution in [0.1, 0.15) is 6.92 Å². The van der Waals surface area contributed by atoms with E-state index in [1.165, 1.54) is 0 Å². The molecule has 0 bridgehead atoms. The van der Waals surface area contributed by atoms with Gasteiger partial charge in [-0.05, 0) is 13.0 Å². The average Bonchev–Trinajstić information content (AvgIpc) is 2.02. The van der Waals surface area contributed by atoms with E-state index in [9.17, 15) is 19.8 Å². The molecule has 0 fully saturated rings. The maximum Gasteiger partial charge on any atom is 1.00 e. The molecule has 0 aromatic heterocycles. The van der Waals surface area contributed by atoms with Crippen molar-refractivity contribution in [1.82, 2.24) is 0 Å². The Morgan fingerprint density at radius 3 is 1.80 bits per heavy atom. The van der Waals surface area contributed by atoms with Crippen LogP contribution in [0.25, 0.3) is 0 Å². The van der Waals surface area contributed by atoms with Gasteiger partial charge in [0.2, 0.25) is 0 Å². The fraction of sp³-hybridized carbons (Fsp3) is 0.250. The van der Waals surface area contributed by atoms with Crippen LogP contribution in [0.3, 0.4) is 0 Å². The van der Waals surface area contributed by atoms with Gasteiger partial charge in [-0.2, -0.15) is 0 Å². The molecule has 0 saturated carbocycles. The first kappa shape index (κ1) is 20.6. The van der Waals surface area contributed by atoms with Crippen LogP contribution in [0.15, 0.2) is 23.7 Å². The van der Waals surface area contributed by atoms with Gasteiger partial charge in [-0.1, -0.05) is 0 Å². The number of hydrogen-bond donors (Lipinski definition) is 0. The minimum absolute atomic E-state index is 0. The van der Waals surface area contributed by atoms with Crippen molar-refractivity contribution in [3.05, 3.63) is 23.7 Å². The molecule has 0 amide bonds. The van der Waals surface area contributed by atoms with Gasteiger partial charge in [0.1, 0.15) is 0 Å². The van der Waals surface area contributed by atoms with E-state index in [0.29, 0.717) is 12.2 Å². The summed E-state index contributed by atoms with van der Waals surface area (Å²) in [5.41, 5.74) is 0. The molecule has 0 aromatic rings. The van der Waals surface area contributed by atoms with Gasteiger partial charge in [-0.15, -0.1) is 11.5 Å². The second kappa shape index (κ2) is 10.7. The number of carbonyl (C=O) groups excluding carboxylic acids is 2. The number of allylic oxidation sites excluding steroid dienone is 1. The molecular formula is C8H8Na2O5. The van der Waals surface area contributed by atoms with Crippen LogP contribution in [-0.2, 0) is 14.3 Å². The number of ketones is 1. The summed E-state index contributed by atoms with van der Waals surface area (Å²) in [7, 11) is 1.07. The Labute approximate surface area is 132 Å². The zero-order valence-electron chi connectivity index (χ0n) is 9.20. The SMILES string of the molecule is COC(=O)C=C([O-])C([O-])=CC(C)=O.[Na+].[Na+]. The molecule has 5 nitrogen and oxygen atoms in total. The molecule has 72 valence electrons. The van der Waals surface area contributed by atoms with E-state index in [-0.39, 0.29) is 59.1 Å². The van der Waals surface area contributed by atoms with E-state index >= 15 is 0 Å². The fourth-order valence-electron chi connectivity index (χ4n) is 0.493. The van der Waals surface area contributed by atoms with Crippen molar-refractivity contribution in [1.29, 1.82) is 0 Å². The van der Waals surface area contributed by atoms with Gasteiger partial charge >= 0.3 is 65.1 Å². The number of carbonyl (C=O) groups is 2. The van der Waals surface area contributed by atoms with Crippen LogP contribution >= 0.6 is 0 Å². The van der Waals surface area contributed by atoms with Crippen LogP contribution in [0.5, 0.6) is 0 Å². The predicted octanol–water partition coefficient (Wildman–Crippen LogP) is -7.76. The maximum atomic E-state index is 10.8. The van der Waals surface area contributed by atoms with Crippen molar-refractivity contribution < 1.29 is 83.7 Å². The van der Waals surface area contributed by atoms with E-state index < -0.39 is 23.3 Å². The van der Waals surface area contributed by atoms with Crippen LogP contribution in [0.4, 0.5) is 0 Å². The summed E-state index contributed by atoms with van der Waals surface area (Å²) < 4.78 is 4.11. The Balaban J connectivity index is -0.000000720. The molecule has 0 N–H and O–H groups in total. The first-order valence-electron chi connectivity index (χ1n) is 3.33. The van der Waals surface area contributed by atoms with Gasteiger partial charge in [0.15, 0.2) is 5.78 Å². The molecular weight excluding hydrogens is 222 g/mol. The summed E-state index contributed by atoms with van der Waals surface area (Å²) >= 11 is 0. The monoisotopic (exact) mass is 230 g/mol. The quantitative estimate of drug-likeness (QED) is 0.158. The molecule has 7 heteroatoms. The van der Waals surface area contributed by atoms with Gasteiger partial charge in [-0.25, -0.2) is 4.79 Å². The summed E-state index contributed by atoms with van der Waals surface area (Å²) in [6, 6.07) is 0. The summed E-state index contributed by atoms with van der Waals surface area (Å²) in [6.45, 7) is 1.13. The third kappa shape index (κ3) is 10.5. The molecule has 0 rings (SSSR count). The minimum Gasteiger partial charge on any atom is -0.873 e. The predicted molar refractivity (Wildman–Crippen MR) is 38.9 cm³/mol. The smallest absolute Gasteiger partial charge is 0.873 e. The molecule has 0 heterocycles. The van der Waals surface area contributed by atoms with Crippen LogP contribution < -0.4 is 69.3 Å². The van der Waals surface area contributed by atoms with Crippen molar-refractivity contribution in [3.8, 4) is 0 Å². The van der Waals surface area contributed by atoms with Crippen LogP contribution in [0, 0.1) is 0 Å². The number of rotatable bonds is 3. The van der Waals surface area contributed by atoms with Gasteiger partial charge in [0.05, 0.1) is 7.11 Å². The van der Waals surface area contributed by atoms with Gasteiger partial charge in [0, 0.05) is 6.08 Å². The summed E-state index contributed by atoms with van der Waals surface area (Å²) in [6.07, 6.45) is 1.10. The van der Waals surface area contributed by atoms with Crippen molar-refractivity contribution in [3.63, 3.8) is 0 Å². The topological polar surface area (TPSA) is 89.5 Å². The van der Waals surface area contributed by atoms with Gasteiger partial charge in [-0.3, -0.25) is 4.79 Å². The van der Waals surface area contributed by atoms with Crippen LogP contribution in [-0.4, -0.2) is 18.9 Å². The number of ether oxygens (including phenoxy) is 1.